The Labute approximate surface area is 182 Å². The highest BCUT2D eigenvalue weighted by Crippen LogP contribution is 2.39. The second kappa shape index (κ2) is 7.77. The molecule has 170 valence electrons. The first-order valence-corrected chi connectivity index (χ1v) is 10.2. The molecular weight excluding hydrogens is 425 g/mol. The third-order valence-electron chi connectivity index (χ3n) is 5.84. The lowest BCUT2D eigenvalue weighted by Gasteiger charge is -2.31. The second-order valence-electron chi connectivity index (χ2n) is 8.23. The topological polar surface area (TPSA) is 91.5 Å². The number of fused-ring (bicyclic) bond motifs is 1. The molecule has 1 aromatic carbocycles. The molecule has 7 nitrogen and oxygen atoms in total. The zero-order valence-corrected chi connectivity index (χ0v) is 17.8. The number of aromatic hydroxyl groups is 1. The van der Waals surface area contributed by atoms with Crippen LogP contribution in [0.2, 0.25) is 0 Å². The van der Waals surface area contributed by atoms with Crippen LogP contribution < -0.4 is 0 Å². The van der Waals surface area contributed by atoms with Gasteiger partial charge in [0.25, 0.3) is 0 Å². The van der Waals surface area contributed by atoms with Gasteiger partial charge in [-0.1, -0.05) is 0 Å². The number of alkyl halides is 3. The standard InChI is InChI=1S/C22H23F3N4O3/c1-11-8-13(22(23,24)25)9-17(31)19(11)16-6-5-15-20(12(2)30)29(27-21(15)26-16)14-4-7-18(32)28(3)10-14/h5-6,8-9,12,14,30-31H,4,7,10H2,1-3H3. The SMILES string of the molecule is Cc1cc(C(F)(F)F)cc(O)c1-c1ccc2c(C(C)O)n(C3CCC(=O)N(C)C3)nc2n1. The first kappa shape index (κ1) is 22.1. The van der Waals surface area contributed by atoms with Crippen molar-refractivity contribution in [2.75, 3.05) is 13.6 Å². The number of likely N-dealkylation sites (N-methyl/N-ethyl adjacent to an activating group) is 1. The fourth-order valence-electron chi connectivity index (χ4n) is 4.29. The third-order valence-corrected chi connectivity index (χ3v) is 5.84. The minimum Gasteiger partial charge on any atom is -0.507 e. The second-order valence-corrected chi connectivity index (χ2v) is 8.23. The summed E-state index contributed by atoms with van der Waals surface area (Å²) in [5.74, 6) is -0.475. The Kier molecular flexibility index (Phi) is 5.36. The van der Waals surface area contributed by atoms with E-state index in [1.807, 2.05) is 0 Å². The van der Waals surface area contributed by atoms with Crippen LogP contribution in [0, 0.1) is 6.92 Å². The van der Waals surface area contributed by atoms with Gasteiger partial charge >= 0.3 is 6.18 Å². The van der Waals surface area contributed by atoms with Crippen LogP contribution in [0.3, 0.4) is 0 Å². The van der Waals surface area contributed by atoms with Crippen LogP contribution >= 0.6 is 0 Å². The predicted octanol–water partition coefficient (Wildman–Crippen LogP) is 3.98. The number of amides is 1. The van der Waals surface area contributed by atoms with Crippen LogP contribution in [0.4, 0.5) is 13.2 Å². The zero-order valence-electron chi connectivity index (χ0n) is 17.8. The van der Waals surface area contributed by atoms with Crippen molar-refractivity contribution in [1.82, 2.24) is 19.7 Å². The number of benzene rings is 1. The molecule has 32 heavy (non-hydrogen) atoms. The molecule has 2 unspecified atom stereocenters. The van der Waals surface area contributed by atoms with Crippen molar-refractivity contribution < 1.29 is 28.2 Å². The number of phenolic OH excluding ortho intramolecular Hbond substituents is 1. The minimum absolute atomic E-state index is 0.0465. The molecule has 2 aromatic heterocycles. The number of carbonyl (C=O) groups is 1. The van der Waals surface area contributed by atoms with E-state index in [4.69, 9.17) is 0 Å². The summed E-state index contributed by atoms with van der Waals surface area (Å²) in [4.78, 5) is 18.0. The maximum absolute atomic E-state index is 13.1. The highest BCUT2D eigenvalue weighted by atomic mass is 19.4. The molecule has 0 radical (unpaired) electrons. The van der Waals surface area contributed by atoms with Gasteiger partial charge in [-0.25, -0.2) is 4.98 Å². The third kappa shape index (κ3) is 3.79. The van der Waals surface area contributed by atoms with Gasteiger partial charge in [-0.2, -0.15) is 18.3 Å². The molecule has 0 aliphatic carbocycles. The molecule has 1 aliphatic rings. The van der Waals surface area contributed by atoms with E-state index in [0.717, 1.165) is 6.07 Å². The summed E-state index contributed by atoms with van der Waals surface area (Å²) in [6.45, 7) is 3.54. The summed E-state index contributed by atoms with van der Waals surface area (Å²) in [6, 6.07) is 4.79. The number of piperidine rings is 1. The van der Waals surface area contributed by atoms with E-state index in [0.29, 0.717) is 42.2 Å². The lowest BCUT2D eigenvalue weighted by atomic mass is 10.00. The highest BCUT2D eigenvalue weighted by molar-refractivity contribution is 5.83. The maximum atomic E-state index is 13.1. The number of aliphatic hydroxyl groups is 1. The van der Waals surface area contributed by atoms with Gasteiger partial charge in [0.05, 0.1) is 29.1 Å². The zero-order chi connectivity index (χ0) is 23.4. The monoisotopic (exact) mass is 448 g/mol. The summed E-state index contributed by atoms with van der Waals surface area (Å²) >= 11 is 0. The van der Waals surface area contributed by atoms with Crippen molar-refractivity contribution in [1.29, 1.82) is 0 Å². The summed E-state index contributed by atoms with van der Waals surface area (Å²) in [6.07, 6.45) is -4.48. The van der Waals surface area contributed by atoms with Crippen molar-refractivity contribution in [3.8, 4) is 17.0 Å². The number of hydrogen-bond donors (Lipinski definition) is 2. The van der Waals surface area contributed by atoms with Crippen molar-refractivity contribution in [3.05, 3.63) is 41.1 Å². The molecule has 0 bridgehead atoms. The summed E-state index contributed by atoms with van der Waals surface area (Å²) < 4.78 is 40.9. The summed E-state index contributed by atoms with van der Waals surface area (Å²) in [5.41, 5.74) is 0.618. The molecule has 1 fully saturated rings. The molecule has 2 N–H and O–H groups in total. The Morgan fingerprint density at radius 3 is 2.56 bits per heavy atom. The van der Waals surface area contributed by atoms with E-state index >= 15 is 0 Å². The van der Waals surface area contributed by atoms with Gasteiger partial charge in [-0.15, -0.1) is 0 Å². The fourth-order valence-corrected chi connectivity index (χ4v) is 4.29. The van der Waals surface area contributed by atoms with Gasteiger partial charge in [-0.3, -0.25) is 9.48 Å². The Balaban J connectivity index is 1.81. The first-order valence-electron chi connectivity index (χ1n) is 10.2. The number of likely N-dealkylation sites (tertiary alicyclic amines) is 1. The van der Waals surface area contributed by atoms with Gasteiger partial charge < -0.3 is 15.1 Å². The molecular formula is C22H23F3N4O3. The van der Waals surface area contributed by atoms with Gasteiger partial charge in [-0.05, 0) is 50.1 Å². The molecule has 1 saturated heterocycles. The van der Waals surface area contributed by atoms with Crippen molar-refractivity contribution in [3.63, 3.8) is 0 Å². The lowest BCUT2D eigenvalue weighted by Crippen LogP contribution is -2.38. The number of hydrogen-bond acceptors (Lipinski definition) is 5. The van der Waals surface area contributed by atoms with Crippen LogP contribution in [-0.2, 0) is 11.0 Å². The Morgan fingerprint density at radius 2 is 1.97 bits per heavy atom. The maximum Gasteiger partial charge on any atom is 0.416 e. The summed E-state index contributed by atoms with van der Waals surface area (Å²) in [5, 5.41) is 25.9. The van der Waals surface area contributed by atoms with Gasteiger partial charge in [0.1, 0.15) is 5.75 Å². The Bertz CT molecular complexity index is 1180. The van der Waals surface area contributed by atoms with Gasteiger partial charge in [0.2, 0.25) is 5.91 Å². The van der Waals surface area contributed by atoms with Crippen LogP contribution in [-0.4, -0.2) is 49.4 Å². The largest absolute Gasteiger partial charge is 0.507 e. The van der Waals surface area contributed by atoms with Crippen molar-refractivity contribution in [2.45, 2.75) is 45.0 Å². The number of rotatable bonds is 3. The first-order chi connectivity index (χ1) is 15.0. The highest BCUT2D eigenvalue weighted by Gasteiger charge is 2.33. The number of nitrogens with zero attached hydrogens (tertiary/aromatic N) is 4. The number of carbonyl (C=O) groups excluding carboxylic acids is 1. The number of phenols is 1. The molecule has 1 aliphatic heterocycles. The van der Waals surface area contributed by atoms with Gasteiger partial charge in [0, 0.05) is 31.0 Å². The summed E-state index contributed by atoms with van der Waals surface area (Å²) in [7, 11) is 1.71. The predicted molar refractivity (Wildman–Crippen MR) is 111 cm³/mol. The number of aryl methyl sites for hydroxylation is 1. The van der Waals surface area contributed by atoms with E-state index in [2.05, 4.69) is 10.1 Å². The van der Waals surface area contributed by atoms with E-state index in [1.165, 1.54) is 6.92 Å². The van der Waals surface area contributed by atoms with E-state index in [9.17, 15) is 28.2 Å². The molecule has 3 aromatic rings. The van der Waals surface area contributed by atoms with Crippen LogP contribution in [0.1, 0.15) is 48.7 Å². The number of aromatic nitrogens is 3. The Morgan fingerprint density at radius 1 is 1.25 bits per heavy atom. The molecule has 3 heterocycles. The van der Waals surface area contributed by atoms with E-state index in [-0.39, 0.29) is 28.8 Å². The fraction of sp³-hybridized carbons (Fsp3) is 0.409. The number of aliphatic hydroxyl groups excluding tert-OH is 1. The molecule has 10 heteroatoms. The molecule has 1 amide bonds. The average molecular weight is 448 g/mol. The smallest absolute Gasteiger partial charge is 0.416 e. The minimum atomic E-state index is -4.57. The van der Waals surface area contributed by atoms with Crippen LogP contribution in [0.15, 0.2) is 24.3 Å². The lowest BCUT2D eigenvalue weighted by molar-refractivity contribution is -0.137. The van der Waals surface area contributed by atoms with Crippen molar-refractivity contribution in [2.24, 2.45) is 0 Å². The molecule has 2 atom stereocenters. The van der Waals surface area contributed by atoms with Gasteiger partial charge in [0.15, 0.2) is 5.65 Å². The average Bonchev–Trinajstić information content (AvgIpc) is 3.08. The quantitative estimate of drug-likeness (QED) is 0.633. The molecule has 4 rings (SSSR count). The molecule has 0 saturated carbocycles. The molecule has 0 spiro atoms. The number of pyridine rings is 1. The number of halogens is 3. The van der Waals surface area contributed by atoms with Crippen molar-refractivity contribution >= 4 is 16.9 Å². The van der Waals surface area contributed by atoms with E-state index < -0.39 is 23.6 Å². The van der Waals surface area contributed by atoms with Crippen LogP contribution in [0.5, 0.6) is 5.75 Å². The van der Waals surface area contributed by atoms with E-state index in [1.54, 1.807) is 35.7 Å². The normalized spacial score (nSPS) is 18.4. The van der Waals surface area contributed by atoms with Crippen LogP contribution in [0.25, 0.3) is 22.3 Å². The Hall–Kier alpha value is -3.14.